The number of phenolic OH excluding ortho intramolecular Hbond substituents is 2. The third-order valence-electron chi connectivity index (χ3n) is 5.95. The molecule has 0 radical (unpaired) electrons. The highest BCUT2D eigenvalue weighted by molar-refractivity contribution is 7.99. The summed E-state index contributed by atoms with van der Waals surface area (Å²) < 4.78 is 62.1. The lowest BCUT2D eigenvalue weighted by molar-refractivity contribution is -0.138. The van der Waals surface area contributed by atoms with Crippen LogP contribution in [0.4, 0.5) is 0 Å². The normalized spacial score (nSPS) is 13.0. The van der Waals surface area contributed by atoms with Crippen LogP contribution in [-0.2, 0) is 60.2 Å². The quantitative estimate of drug-likeness (QED) is 0.0258. The number of hydrogen-bond donors (Lipinski definition) is 6. The maximum atomic E-state index is 13.1. The van der Waals surface area contributed by atoms with Crippen molar-refractivity contribution in [2.24, 2.45) is 5.73 Å². The van der Waals surface area contributed by atoms with Crippen molar-refractivity contribution in [3.63, 3.8) is 0 Å². The van der Waals surface area contributed by atoms with E-state index in [2.05, 4.69) is 10.6 Å². The Balaban J connectivity index is 3.27. The minimum Gasteiger partial charge on any atom is -0.508 e. The van der Waals surface area contributed by atoms with Crippen LogP contribution < -0.4 is 16.4 Å². The topological polar surface area (TPSA) is 295 Å². The van der Waals surface area contributed by atoms with Gasteiger partial charge in [0.05, 0.1) is 37.4 Å². The summed E-state index contributed by atoms with van der Waals surface area (Å²) in [6, 6.07) is -0.433. The number of nitrogens with one attached hydrogen (secondary N) is 2. The molecule has 0 aromatic heterocycles. The molecule has 2 unspecified atom stereocenters. The fourth-order valence-electron chi connectivity index (χ4n) is 3.68. The predicted molar refractivity (Wildman–Crippen MR) is 179 cm³/mol. The molecule has 0 bridgehead atoms. The van der Waals surface area contributed by atoms with Gasteiger partial charge in [-0.2, -0.15) is 0 Å². The van der Waals surface area contributed by atoms with Crippen LogP contribution in [0, 0.1) is 0 Å². The van der Waals surface area contributed by atoms with Crippen molar-refractivity contribution in [2.75, 3.05) is 45.3 Å². The number of phenols is 2. The number of phosphoric acid groups is 2. The average Bonchev–Trinajstić information content (AvgIpc) is 3.04. The molecule has 0 aliphatic heterocycles. The maximum absolute atomic E-state index is 13.1. The van der Waals surface area contributed by atoms with Crippen molar-refractivity contribution in [3.05, 3.63) is 17.7 Å². The SMILES string of the molecule is CCOP(=O)(OCC)OC(COC(=O)c1cc(O)cc(SCC(NC(=O)CCC(N)C(C)=O)C(=O)NCC(=O)O)c1O)OP(=O)(OCC)OCC. The number of aromatic hydroxyl groups is 2. The molecular weight excluding hydrogens is 744 g/mol. The second kappa shape index (κ2) is 22.8. The van der Waals surface area contributed by atoms with E-state index in [0.29, 0.717) is 11.8 Å². The zero-order valence-corrected chi connectivity index (χ0v) is 31.3. The number of hydrogen-bond acceptors (Lipinski definition) is 18. The van der Waals surface area contributed by atoms with Crippen LogP contribution in [0.5, 0.6) is 11.5 Å². The first-order chi connectivity index (χ1) is 23.9. The monoisotopic (exact) mass is 789 g/mol. The molecule has 51 heavy (non-hydrogen) atoms. The first-order valence-electron chi connectivity index (χ1n) is 15.5. The number of aliphatic carboxylic acids is 1. The second-order valence-corrected chi connectivity index (χ2v) is 14.2. The number of carboxylic acid groups (broad SMARTS) is 1. The fraction of sp³-hybridized carbons (Fsp3) is 0.607. The highest BCUT2D eigenvalue weighted by Crippen LogP contribution is 2.55. The van der Waals surface area contributed by atoms with Crippen molar-refractivity contribution in [2.45, 2.75) is 70.7 Å². The molecule has 0 aliphatic rings. The van der Waals surface area contributed by atoms with Crippen LogP contribution in [0.2, 0.25) is 0 Å². The number of phosphoric ester groups is 2. The van der Waals surface area contributed by atoms with Gasteiger partial charge in [0.15, 0.2) is 0 Å². The molecule has 20 nitrogen and oxygen atoms in total. The van der Waals surface area contributed by atoms with Gasteiger partial charge in [-0.05, 0) is 53.2 Å². The number of nitrogens with two attached hydrogens (primary N) is 1. The fourth-order valence-corrected chi connectivity index (χ4v) is 7.22. The Morgan fingerprint density at radius 1 is 0.902 bits per heavy atom. The molecule has 1 aromatic carbocycles. The highest BCUT2D eigenvalue weighted by Gasteiger charge is 2.38. The van der Waals surface area contributed by atoms with Gasteiger partial charge in [0.1, 0.15) is 42.0 Å². The summed E-state index contributed by atoms with van der Waals surface area (Å²) in [5.41, 5.74) is 5.04. The molecule has 7 N–H and O–H groups in total. The molecule has 0 fully saturated rings. The standard InChI is InChI=1S/C28H45N3O17P2S/c1-6-43-49(40,44-7-2)47-25(48-50(41,45-8-3)46-9-4)15-42-28(39)19-12-18(33)13-22(26(19)37)51-16-21(27(38)30-14-24(35)36)31-23(34)11-10-20(29)17(5)32/h12-13,20-21,25,33,37H,6-11,14-16,29H2,1-5H3,(H,30,38)(H,31,34)(H,35,36). The molecule has 0 saturated heterocycles. The molecule has 2 atom stereocenters. The van der Waals surface area contributed by atoms with Gasteiger partial charge in [0.2, 0.25) is 18.1 Å². The van der Waals surface area contributed by atoms with Gasteiger partial charge in [-0.3, -0.25) is 46.3 Å². The second-order valence-electron chi connectivity index (χ2n) is 9.94. The number of amides is 2. The van der Waals surface area contributed by atoms with Crippen LogP contribution >= 0.6 is 27.4 Å². The summed E-state index contributed by atoms with van der Waals surface area (Å²) in [5.74, 6) is -6.25. The van der Waals surface area contributed by atoms with Crippen LogP contribution in [0.3, 0.4) is 0 Å². The summed E-state index contributed by atoms with van der Waals surface area (Å²) in [6.07, 6.45) is -2.21. The smallest absolute Gasteiger partial charge is 0.477 e. The van der Waals surface area contributed by atoms with E-state index in [1.54, 1.807) is 0 Å². The number of esters is 1. The van der Waals surface area contributed by atoms with Crippen molar-refractivity contribution in [1.82, 2.24) is 10.6 Å². The predicted octanol–water partition coefficient (Wildman–Crippen LogP) is 2.45. The number of ketones is 1. The highest BCUT2D eigenvalue weighted by atomic mass is 32.2. The van der Waals surface area contributed by atoms with E-state index in [1.165, 1.54) is 34.6 Å². The minimum absolute atomic E-state index is 0.0306. The molecular formula is C28H45N3O17P2S. The summed E-state index contributed by atoms with van der Waals surface area (Å²) >= 11 is 0.688. The Morgan fingerprint density at radius 2 is 1.43 bits per heavy atom. The third kappa shape index (κ3) is 16.9. The van der Waals surface area contributed by atoms with E-state index in [0.717, 1.165) is 12.1 Å². The van der Waals surface area contributed by atoms with Crippen molar-refractivity contribution >= 4 is 56.9 Å². The van der Waals surface area contributed by atoms with Crippen LogP contribution in [0.25, 0.3) is 0 Å². The van der Waals surface area contributed by atoms with Gasteiger partial charge in [0.25, 0.3) is 0 Å². The van der Waals surface area contributed by atoms with Gasteiger partial charge < -0.3 is 36.4 Å². The van der Waals surface area contributed by atoms with Gasteiger partial charge >= 0.3 is 27.6 Å². The molecule has 1 aromatic rings. The van der Waals surface area contributed by atoms with Crippen LogP contribution in [0.15, 0.2) is 17.0 Å². The zero-order valence-electron chi connectivity index (χ0n) is 28.7. The van der Waals surface area contributed by atoms with Crippen molar-refractivity contribution in [3.8, 4) is 11.5 Å². The molecule has 0 aliphatic carbocycles. The van der Waals surface area contributed by atoms with Gasteiger partial charge in [-0.1, -0.05) is 0 Å². The van der Waals surface area contributed by atoms with Crippen LogP contribution in [0.1, 0.15) is 57.8 Å². The van der Waals surface area contributed by atoms with Gasteiger partial charge in [-0.15, -0.1) is 11.8 Å². The molecule has 0 spiro atoms. The number of ether oxygens (including phenoxy) is 1. The third-order valence-corrected chi connectivity index (χ3v) is 10.4. The van der Waals surface area contributed by atoms with E-state index in [-0.39, 0.29) is 55.7 Å². The number of rotatable bonds is 26. The lowest BCUT2D eigenvalue weighted by atomic mass is 10.1. The Kier molecular flexibility index (Phi) is 20.5. The molecule has 0 heterocycles. The van der Waals surface area contributed by atoms with E-state index in [1.807, 2.05) is 0 Å². The number of thioether (sulfide) groups is 1. The van der Waals surface area contributed by atoms with E-state index >= 15 is 0 Å². The van der Waals surface area contributed by atoms with Gasteiger partial charge in [0, 0.05) is 12.2 Å². The summed E-state index contributed by atoms with van der Waals surface area (Å²) in [4.78, 5) is 60.6. The summed E-state index contributed by atoms with van der Waals surface area (Å²) in [5, 5.41) is 34.7. The van der Waals surface area contributed by atoms with E-state index < -0.39 is 88.0 Å². The van der Waals surface area contributed by atoms with Crippen molar-refractivity contribution < 1.29 is 80.3 Å². The lowest BCUT2D eigenvalue weighted by Gasteiger charge is -2.26. The zero-order chi connectivity index (χ0) is 38.8. The number of benzene rings is 1. The van der Waals surface area contributed by atoms with Gasteiger partial charge in [-0.25, -0.2) is 13.9 Å². The first-order valence-corrected chi connectivity index (χ1v) is 19.4. The van der Waals surface area contributed by atoms with Crippen LogP contribution in [-0.4, -0.2) is 109 Å². The number of carbonyl (C=O) groups is 5. The Hall–Kier alpha value is -3.10. The lowest BCUT2D eigenvalue weighted by Crippen LogP contribution is -2.49. The number of carboxylic acids is 1. The summed E-state index contributed by atoms with van der Waals surface area (Å²) in [7, 11) is -8.75. The molecule has 23 heteroatoms. The number of Topliss-reactive ketones (excluding diaryl/α,β-unsaturated/α-hetero) is 1. The molecule has 290 valence electrons. The Labute approximate surface area is 298 Å². The molecule has 1 rings (SSSR count). The minimum atomic E-state index is -4.38. The largest absolute Gasteiger partial charge is 0.508 e. The van der Waals surface area contributed by atoms with E-state index in [4.69, 9.17) is 42.7 Å². The molecule has 0 saturated carbocycles. The number of carbonyl (C=O) groups excluding carboxylic acids is 4. The Bertz CT molecular complexity index is 1400. The first kappa shape index (κ1) is 45.9. The van der Waals surface area contributed by atoms with E-state index in [9.17, 15) is 43.3 Å². The summed E-state index contributed by atoms with van der Waals surface area (Å²) in [6.45, 7) is 4.90. The Morgan fingerprint density at radius 3 is 1.90 bits per heavy atom. The maximum Gasteiger partial charge on any atom is 0.477 e. The molecule has 2 amide bonds. The average molecular weight is 790 g/mol. The van der Waals surface area contributed by atoms with Crippen molar-refractivity contribution in [1.29, 1.82) is 0 Å².